The summed E-state index contributed by atoms with van der Waals surface area (Å²) in [5.41, 5.74) is 6.46. The highest BCUT2D eigenvalue weighted by atomic mass is 32.1. The van der Waals surface area contributed by atoms with Crippen molar-refractivity contribution < 1.29 is 5.11 Å². The van der Waals surface area contributed by atoms with Gasteiger partial charge in [-0.2, -0.15) is 5.10 Å². The maximum Gasteiger partial charge on any atom is 0.191 e. The molecule has 0 aliphatic rings. The number of phenols is 1. The number of aromatic hydroxyl groups is 1. The van der Waals surface area contributed by atoms with E-state index in [4.69, 9.17) is 12.2 Å². The van der Waals surface area contributed by atoms with Crippen LogP contribution in [-0.4, -0.2) is 15.9 Å². The summed E-state index contributed by atoms with van der Waals surface area (Å²) >= 11 is 5.18. The van der Waals surface area contributed by atoms with Crippen LogP contribution in [0.25, 0.3) is 0 Å². The Morgan fingerprint density at radius 3 is 2.52 bits per heavy atom. The summed E-state index contributed by atoms with van der Waals surface area (Å²) in [6, 6.07) is 14.8. The van der Waals surface area contributed by atoms with Gasteiger partial charge >= 0.3 is 0 Å². The molecule has 0 amide bonds. The first-order valence-electron chi connectivity index (χ1n) is 6.52. The van der Waals surface area contributed by atoms with E-state index in [-0.39, 0.29) is 5.75 Å². The summed E-state index contributed by atoms with van der Waals surface area (Å²) < 4.78 is 0. The van der Waals surface area contributed by atoms with E-state index in [2.05, 4.69) is 15.8 Å². The van der Waals surface area contributed by atoms with Crippen LogP contribution in [0.3, 0.4) is 0 Å². The molecule has 0 saturated heterocycles. The zero-order valence-electron chi connectivity index (χ0n) is 11.9. The highest BCUT2D eigenvalue weighted by Crippen LogP contribution is 2.11. The van der Waals surface area contributed by atoms with Crippen molar-refractivity contribution in [3.63, 3.8) is 0 Å². The lowest BCUT2D eigenvalue weighted by molar-refractivity contribution is 0.475. The topological polar surface area (TPSA) is 56.7 Å². The second-order valence-corrected chi connectivity index (χ2v) is 5.09. The van der Waals surface area contributed by atoms with Gasteiger partial charge in [0.05, 0.1) is 5.71 Å². The predicted octanol–water partition coefficient (Wildman–Crippen LogP) is 3.41. The van der Waals surface area contributed by atoms with Gasteiger partial charge in [0.15, 0.2) is 5.11 Å². The van der Waals surface area contributed by atoms with Crippen molar-refractivity contribution in [2.75, 3.05) is 5.32 Å². The second-order valence-electron chi connectivity index (χ2n) is 4.68. The number of nitrogens with zero attached hydrogens (tertiary/aromatic N) is 1. The summed E-state index contributed by atoms with van der Waals surface area (Å²) in [5.74, 6) is 0.211. The maximum absolute atomic E-state index is 9.44. The van der Waals surface area contributed by atoms with Crippen molar-refractivity contribution in [2.24, 2.45) is 5.10 Å². The van der Waals surface area contributed by atoms with Crippen molar-refractivity contribution >= 4 is 28.7 Å². The smallest absolute Gasteiger partial charge is 0.191 e. The van der Waals surface area contributed by atoms with Gasteiger partial charge in [0, 0.05) is 11.3 Å². The molecule has 2 aromatic carbocycles. The molecule has 108 valence electrons. The molecule has 0 unspecified atom stereocenters. The van der Waals surface area contributed by atoms with Crippen LogP contribution >= 0.6 is 12.2 Å². The number of benzene rings is 2. The van der Waals surface area contributed by atoms with E-state index in [0.717, 1.165) is 17.0 Å². The molecule has 5 heteroatoms. The van der Waals surface area contributed by atoms with Crippen molar-refractivity contribution in [1.29, 1.82) is 0 Å². The molecular weight excluding hydrogens is 282 g/mol. The van der Waals surface area contributed by atoms with Gasteiger partial charge in [-0.3, -0.25) is 5.43 Å². The van der Waals surface area contributed by atoms with Crippen LogP contribution < -0.4 is 10.7 Å². The van der Waals surface area contributed by atoms with Crippen molar-refractivity contribution in [2.45, 2.75) is 13.8 Å². The van der Waals surface area contributed by atoms with Crippen LogP contribution in [0.15, 0.2) is 53.6 Å². The highest BCUT2D eigenvalue weighted by Gasteiger charge is 2.00. The Morgan fingerprint density at radius 2 is 1.86 bits per heavy atom. The molecule has 0 aromatic heterocycles. The average molecular weight is 299 g/mol. The Balaban J connectivity index is 1.96. The molecule has 4 nitrogen and oxygen atoms in total. The Morgan fingerprint density at radius 1 is 1.14 bits per heavy atom. The third kappa shape index (κ3) is 4.57. The van der Waals surface area contributed by atoms with E-state index in [0.29, 0.717) is 5.11 Å². The minimum atomic E-state index is 0.211. The monoisotopic (exact) mass is 299 g/mol. The standard InChI is InChI=1S/C16H17N3OS/c1-11-6-8-14(9-7-11)17-16(21)19-18-12(2)13-4-3-5-15(20)10-13/h3-10,20H,1-2H3,(H2,17,19,21)/b18-12-. The number of nitrogens with one attached hydrogen (secondary N) is 2. The zero-order chi connectivity index (χ0) is 15.2. The molecule has 0 saturated carbocycles. The number of aryl methyl sites for hydroxylation is 1. The third-order valence-electron chi connectivity index (χ3n) is 2.90. The molecule has 2 aromatic rings. The van der Waals surface area contributed by atoms with Gasteiger partial charge in [0.1, 0.15) is 5.75 Å². The molecule has 0 radical (unpaired) electrons. The summed E-state index contributed by atoms with van der Waals surface area (Å²) in [7, 11) is 0. The molecule has 0 aliphatic heterocycles. The van der Waals surface area contributed by atoms with Crippen LogP contribution in [0.1, 0.15) is 18.1 Å². The molecular formula is C16H17N3OS. The summed E-state index contributed by atoms with van der Waals surface area (Å²) in [5, 5.41) is 17.1. The summed E-state index contributed by atoms with van der Waals surface area (Å²) in [6.45, 7) is 3.87. The highest BCUT2D eigenvalue weighted by molar-refractivity contribution is 7.80. The van der Waals surface area contributed by atoms with Gasteiger partial charge in [-0.05, 0) is 50.3 Å². The molecule has 0 spiro atoms. The molecule has 0 heterocycles. The van der Waals surface area contributed by atoms with E-state index < -0.39 is 0 Å². The van der Waals surface area contributed by atoms with Gasteiger partial charge in [-0.15, -0.1) is 0 Å². The molecule has 0 atom stereocenters. The van der Waals surface area contributed by atoms with Gasteiger partial charge in [-0.1, -0.05) is 29.8 Å². The Hall–Kier alpha value is -2.40. The first-order chi connectivity index (χ1) is 10.0. The van der Waals surface area contributed by atoms with Crippen LogP contribution in [0, 0.1) is 6.92 Å². The third-order valence-corrected chi connectivity index (χ3v) is 3.09. The lowest BCUT2D eigenvalue weighted by Gasteiger charge is -2.08. The van der Waals surface area contributed by atoms with E-state index in [1.165, 1.54) is 5.56 Å². The molecule has 3 N–H and O–H groups in total. The van der Waals surface area contributed by atoms with Crippen LogP contribution in [0.4, 0.5) is 5.69 Å². The number of hydrogen-bond donors (Lipinski definition) is 3. The predicted molar refractivity (Wildman–Crippen MR) is 90.9 cm³/mol. The molecule has 2 rings (SSSR count). The van der Waals surface area contributed by atoms with Crippen molar-refractivity contribution in [1.82, 2.24) is 5.43 Å². The number of hydrogen-bond acceptors (Lipinski definition) is 3. The first kappa shape index (κ1) is 15.0. The van der Waals surface area contributed by atoms with E-state index in [1.54, 1.807) is 18.2 Å². The summed E-state index contributed by atoms with van der Waals surface area (Å²) in [6.07, 6.45) is 0. The fourth-order valence-corrected chi connectivity index (χ4v) is 1.89. The maximum atomic E-state index is 9.44. The van der Waals surface area contributed by atoms with E-state index in [1.807, 2.05) is 44.2 Å². The lowest BCUT2D eigenvalue weighted by atomic mass is 10.1. The van der Waals surface area contributed by atoms with Crippen molar-refractivity contribution in [3.05, 3.63) is 59.7 Å². The van der Waals surface area contributed by atoms with Crippen LogP contribution in [-0.2, 0) is 0 Å². The normalized spacial score (nSPS) is 11.0. The fourth-order valence-electron chi connectivity index (χ4n) is 1.73. The average Bonchev–Trinajstić information content (AvgIpc) is 2.47. The molecule has 0 fully saturated rings. The SMILES string of the molecule is C/C(=N/NC(=S)Nc1ccc(C)cc1)c1cccc(O)c1. The minimum Gasteiger partial charge on any atom is -0.508 e. The second kappa shape index (κ2) is 6.85. The lowest BCUT2D eigenvalue weighted by Crippen LogP contribution is -2.24. The Bertz CT molecular complexity index is 665. The summed E-state index contributed by atoms with van der Waals surface area (Å²) in [4.78, 5) is 0. The van der Waals surface area contributed by atoms with E-state index >= 15 is 0 Å². The first-order valence-corrected chi connectivity index (χ1v) is 6.93. The molecule has 21 heavy (non-hydrogen) atoms. The quantitative estimate of drug-likeness (QED) is 0.462. The Labute approximate surface area is 129 Å². The van der Waals surface area contributed by atoms with E-state index in [9.17, 15) is 5.11 Å². The van der Waals surface area contributed by atoms with Crippen molar-refractivity contribution in [3.8, 4) is 5.75 Å². The Kier molecular flexibility index (Phi) is 4.90. The van der Waals surface area contributed by atoms with Gasteiger partial charge in [0.2, 0.25) is 0 Å². The molecule has 0 aliphatic carbocycles. The molecule has 0 bridgehead atoms. The number of anilines is 1. The van der Waals surface area contributed by atoms with Gasteiger partial charge in [0.25, 0.3) is 0 Å². The number of hydrazone groups is 1. The van der Waals surface area contributed by atoms with Crippen LogP contribution in [0.2, 0.25) is 0 Å². The zero-order valence-corrected chi connectivity index (χ0v) is 12.7. The van der Waals surface area contributed by atoms with Gasteiger partial charge < -0.3 is 10.4 Å². The van der Waals surface area contributed by atoms with Gasteiger partial charge in [-0.25, -0.2) is 0 Å². The number of rotatable bonds is 3. The fraction of sp³-hybridized carbons (Fsp3) is 0.125. The minimum absolute atomic E-state index is 0.211. The number of thiocarbonyl (C=S) groups is 1. The van der Waals surface area contributed by atoms with Crippen LogP contribution in [0.5, 0.6) is 5.75 Å². The largest absolute Gasteiger partial charge is 0.508 e. The number of phenolic OH excluding ortho intramolecular Hbond substituents is 1.